The smallest absolute Gasteiger partial charge is 0.273 e. The molecule has 0 aliphatic carbocycles. The van der Waals surface area contributed by atoms with Crippen molar-refractivity contribution in [1.29, 1.82) is 0 Å². The van der Waals surface area contributed by atoms with Crippen molar-refractivity contribution in [1.82, 2.24) is 14.9 Å². The number of nitrogens with zero attached hydrogens (tertiary/aromatic N) is 4. The zero-order valence-electron chi connectivity index (χ0n) is 17.3. The molecular formula is C24H28N4O. The molecule has 1 heterocycles. The predicted molar refractivity (Wildman–Crippen MR) is 117 cm³/mol. The van der Waals surface area contributed by atoms with Gasteiger partial charge in [-0.25, -0.2) is 9.97 Å². The predicted octanol–water partition coefficient (Wildman–Crippen LogP) is 4.55. The first kappa shape index (κ1) is 20.5. The fraction of sp³-hybridized carbons (Fsp3) is 0.292. The molecule has 1 aromatic heterocycles. The van der Waals surface area contributed by atoms with Crippen LogP contribution in [0, 0.1) is 0 Å². The molecule has 0 spiro atoms. The molecule has 0 aliphatic heterocycles. The molecule has 0 bridgehead atoms. The summed E-state index contributed by atoms with van der Waals surface area (Å²) in [4.78, 5) is 26.2. The molecule has 1 amide bonds. The molecule has 0 saturated carbocycles. The molecule has 3 rings (SSSR count). The first-order valence-corrected chi connectivity index (χ1v) is 10.0. The molecule has 29 heavy (non-hydrogen) atoms. The van der Waals surface area contributed by atoms with Gasteiger partial charge in [0.1, 0.15) is 5.69 Å². The van der Waals surface area contributed by atoms with E-state index in [1.807, 2.05) is 67.3 Å². The third-order valence-electron chi connectivity index (χ3n) is 4.82. The highest BCUT2D eigenvalue weighted by atomic mass is 16.2. The summed E-state index contributed by atoms with van der Waals surface area (Å²) in [7, 11) is 0. The highest BCUT2D eigenvalue weighted by Crippen LogP contribution is 2.16. The van der Waals surface area contributed by atoms with E-state index in [4.69, 9.17) is 0 Å². The topological polar surface area (TPSA) is 49.3 Å². The van der Waals surface area contributed by atoms with E-state index in [0.29, 0.717) is 24.7 Å². The van der Waals surface area contributed by atoms with Crippen LogP contribution in [0.5, 0.6) is 0 Å². The van der Waals surface area contributed by atoms with Crippen LogP contribution < -0.4 is 4.90 Å². The van der Waals surface area contributed by atoms with Gasteiger partial charge in [0.05, 0.1) is 0 Å². The van der Waals surface area contributed by atoms with Gasteiger partial charge >= 0.3 is 0 Å². The molecule has 150 valence electrons. The van der Waals surface area contributed by atoms with E-state index in [1.165, 1.54) is 5.56 Å². The summed E-state index contributed by atoms with van der Waals surface area (Å²) in [6.07, 6.45) is 1.67. The summed E-state index contributed by atoms with van der Waals surface area (Å²) >= 11 is 0. The monoisotopic (exact) mass is 388 g/mol. The van der Waals surface area contributed by atoms with E-state index < -0.39 is 0 Å². The van der Waals surface area contributed by atoms with Crippen molar-refractivity contribution in [3.05, 3.63) is 89.7 Å². The Bertz CT molecular complexity index is 912. The standard InChI is InChI=1S/C24H28N4O/c1-4-27(17-20-11-7-5-8-12-20)24-25-16-15-22(26-24)23(29)28(19(2)3)18-21-13-9-6-10-14-21/h5-16,19H,4,17-18H2,1-3H3. The van der Waals surface area contributed by atoms with Crippen LogP contribution >= 0.6 is 0 Å². The van der Waals surface area contributed by atoms with Crippen molar-refractivity contribution < 1.29 is 4.79 Å². The quantitative estimate of drug-likeness (QED) is 0.568. The van der Waals surface area contributed by atoms with Crippen LogP contribution in [0.15, 0.2) is 72.9 Å². The van der Waals surface area contributed by atoms with Crippen LogP contribution in [-0.2, 0) is 13.1 Å². The number of hydrogen-bond donors (Lipinski definition) is 0. The molecule has 5 heteroatoms. The number of hydrogen-bond acceptors (Lipinski definition) is 4. The number of aromatic nitrogens is 2. The normalized spacial score (nSPS) is 10.8. The lowest BCUT2D eigenvalue weighted by molar-refractivity contribution is 0.0684. The Morgan fingerprint density at radius 3 is 2.03 bits per heavy atom. The Hall–Kier alpha value is -3.21. The molecule has 2 aromatic carbocycles. The lowest BCUT2D eigenvalue weighted by atomic mass is 10.1. The Kier molecular flexibility index (Phi) is 6.95. The Balaban J connectivity index is 1.81. The van der Waals surface area contributed by atoms with E-state index >= 15 is 0 Å². The zero-order chi connectivity index (χ0) is 20.6. The molecule has 5 nitrogen and oxygen atoms in total. The summed E-state index contributed by atoms with van der Waals surface area (Å²) in [6, 6.07) is 22.0. The van der Waals surface area contributed by atoms with Crippen LogP contribution in [-0.4, -0.2) is 33.4 Å². The molecule has 0 N–H and O–H groups in total. The number of rotatable bonds is 8. The van der Waals surface area contributed by atoms with Gasteiger partial charge in [0.2, 0.25) is 5.95 Å². The number of anilines is 1. The van der Waals surface area contributed by atoms with Crippen LogP contribution in [0.1, 0.15) is 42.4 Å². The van der Waals surface area contributed by atoms with Crippen molar-refractivity contribution >= 4 is 11.9 Å². The van der Waals surface area contributed by atoms with Crippen molar-refractivity contribution in [3.8, 4) is 0 Å². The maximum absolute atomic E-state index is 13.2. The van der Waals surface area contributed by atoms with E-state index in [0.717, 1.165) is 12.1 Å². The first-order chi connectivity index (χ1) is 14.1. The van der Waals surface area contributed by atoms with Crippen LogP contribution in [0.25, 0.3) is 0 Å². The average molecular weight is 389 g/mol. The maximum atomic E-state index is 13.2. The number of carbonyl (C=O) groups is 1. The maximum Gasteiger partial charge on any atom is 0.273 e. The van der Waals surface area contributed by atoms with Gasteiger partial charge < -0.3 is 9.80 Å². The zero-order valence-corrected chi connectivity index (χ0v) is 17.3. The highest BCUT2D eigenvalue weighted by molar-refractivity contribution is 5.92. The van der Waals surface area contributed by atoms with Gasteiger partial charge in [-0.1, -0.05) is 60.7 Å². The SMILES string of the molecule is CCN(Cc1ccccc1)c1nccc(C(=O)N(Cc2ccccc2)C(C)C)n1. The van der Waals surface area contributed by atoms with Crippen LogP contribution in [0.4, 0.5) is 5.95 Å². The first-order valence-electron chi connectivity index (χ1n) is 10.0. The largest absolute Gasteiger partial charge is 0.337 e. The van der Waals surface area contributed by atoms with Gasteiger partial charge in [0.15, 0.2) is 0 Å². The summed E-state index contributed by atoms with van der Waals surface area (Å²) in [5, 5.41) is 0. The summed E-state index contributed by atoms with van der Waals surface area (Å²) in [6.45, 7) is 8.12. The molecule has 0 aliphatic rings. The molecule has 3 aromatic rings. The second kappa shape index (κ2) is 9.82. The fourth-order valence-corrected chi connectivity index (χ4v) is 3.16. The van der Waals surface area contributed by atoms with Crippen molar-refractivity contribution in [2.75, 3.05) is 11.4 Å². The molecular weight excluding hydrogens is 360 g/mol. The van der Waals surface area contributed by atoms with Gasteiger partial charge in [0.25, 0.3) is 5.91 Å². The van der Waals surface area contributed by atoms with Gasteiger partial charge in [-0.15, -0.1) is 0 Å². The van der Waals surface area contributed by atoms with E-state index in [-0.39, 0.29) is 11.9 Å². The summed E-state index contributed by atoms with van der Waals surface area (Å²) in [5.41, 5.74) is 2.71. The van der Waals surface area contributed by atoms with E-state index in [2.05, 4.69) is 33.9 Å². The Morgan fingerprint density at radius 2 is 1.48 bits per heavy atom. The van der Waals surface area contributed by atoms with Crippen molar-refractivity contribution in [2.45, 2.75) is 39.9 Å². The number of amides is 1. The Morgan fingerprint density at radius 1 is 0.897 bits per heavy atom. The van der Waals surface area contributed by atoms with Gasteiger partial charge in [0, 0.05) is 31.9 Å². The second-order valence-corrected chi connectivity index (χ2v) is 7.25. The summed E-state index contributed by atoms with van der Waals surface area (Å²) < 4.78 is 0. The average Bonchev–Trinajstić information content (AvgIpc) is 2.76. The lowest BCUT2D eigenvalue weighted by Gasteiger charge is -2.27. The highest BCUT2D eigenvalue weighted by Gasteiger charge is 2.21. The molecule has 0 radical (unpaired) electrons. The minimum Gasteiger partial charge on any atom is -0.337 e. The molecule has 0 unspecified atom stereocenters. The third kappa shape index (κ3) is 5.41. The van der Waals surface area contributed by atoms with Gasteiger partial charge in [-0.2, -0.15) is 0 Å². The lowest BCUT2D eigenvalue weighted by Crippen LogP contribution is -2.37. The molecule has 0 fully saturated rings. The van der Waals surface area contributed by atoms with Gasteiger partial charge in [-0.3, -0.25) is 4.79 Å². The molecule has 0 saturated heterocycles. The van der Waals surface area contributed by atoms with Crippen LogP contribution in [0.2, 0.25) is 0 Å². The second-order valence-electron chi connectivity index (χ2n) is 7.25. The van der Waals surface area contributed by atoms with Crippen molar-refractivity contribution in [2.24, 2.45) is 0 Å². The Labute approximate surface area is 173 Å². The van der Waals surface area contributed by atoms with Crippen molar-refractivity contribution in [3.63, 3.8) is 0 Å². The van der Waals surface area contributed by atoms with E-state index in [9.17, 15) is 4.79 Å². The van der Waals surface area contributed by atoms with Gasteiger partial charge in [-0.05, 0) is 38.0 Å². The van der Waals surface area contributed by atoms with E-state index in [1.54, 1.807) is 12.3 Å². The van der Waals surface area contributed by atoms with Crippen LogP contribution in [0.3, 0.4) is 0 Å². The molecule has 0 atom stereocenters. The number of benzene rings is 2. The summed E-state index contributed by atoms with van der Waals surface area (Å²) in [5.74, 6) is 0.494. The number of carbonyl (C=O) groups excluding carboxylic acids is 1. The minimum absolute atomic E-state index is 0.0627. The fourth-order valence-electron chi connectivity index (χ4n) is 3.16. The third-order valence-corrected chi connectivity index (χ3v) is 4.82. The minimum atomic E-state index is -0.0803.